The van der Waals surface area contributed by atoms with Gasteiger partial charge in [0.1, 0.15) is 0 Å². The summed E-state index contributed by atoms with van der Waals surface area (Å²) in [5.41, 5.74) is 0. The molecule has 4 atom stereocenters. The second kappa shape index (κ2) is 7.10. The number of hydrogen-bond donors (Lipinski definition) is 3. The van der Waals surface area contributed by atoms with Gasteiger partial charge in [-0.05, 0) is 38.5 Å². The SMILES string of the molecule is CCC(O)CCNC(=O)NC1CCCC2OCCC12. The van der Waals surface area contributed by atoms with Gasteiger partial charge in [-0.3, -0.25) is 0 Å². The summed E-state index contributed by atoms with van der Waals surface area (Å²) >= 11 is 0. The summed E-state index contributed by atoms with van der Waals surface area (Å²) in [6.45, 7) is 3.29. The highest BCUT2D eigenvalue weighted by atomic mass is 16.5. The van der Waals surface area contributed by atoms with E-state index in [1.54, 1.807) is 0 Å². The highest BCUT2D eigenvalue weighted by molar-refractivity contribution is 5.74. The normalized spacial score (nSPS) is 31.6. The largest absolute Gasteiger partial charge is 0.393 e. The summed E-state index contributed by atoms with van der Waals surface area (Å²) in [4.78, 5) is 11.8. The van der Waals surface area contributed by atoms with Crippen molar-refractivity contribution < 1.29 is 14.6 Å². The van der Waals surface area contributed by atoms with Crippen molar-refractivity contribution in [3.8, 4) is 0 Å². The lowest BCUT2D eigenvalue weighted by Crippen LogP contribution is -2.49. The van der Waals surface area contributed by atoms with Gasteiger partial charge in [0.25, 0.3) is 0 Å². The second-order valence-corrected chi connectivity index (χ2v) is 5.65. The first kappa shape index (κ1) is 14.6. The van der Waals surface area contributed by atoms with E-state index in [9.17, 15) is 9.90 Å². The minimum Gasteiger partial charge on any atom is -0.393 e. The molecule has 1 saturated carbocycles. The van der Waals surface area contributed by atoms with Gasteiger partial charge in [-0.15, -0.1) is 0 Å². The van der Waals surface area contributed by atoms with Gasteiger partial charge < -0.3 is 20.5 Å². The zero-order chi connectivity index (χ0) is 13.7. The van der Waals surface area contributed by atoms with Crippen LogP contribution in [-0.2, 0) is 4.74 Å². The van der Waals surface area contributed by atoms with Gasteiger partial charge >= 0.3 is 6.03 Å². The summed E-state index contributed by atoms with van der Waals surface area (Å²) in [5.74, 6) is 0.487. The minimum absolute atomic E-state index is 0.110. The van der Waals surface area contributed by atoms with Crippen LogP contribution in [0.2, 0.25) is 0 Å². The van der Waals surface area contributed by atoms with E-state index in [0.717, 1.165) is 38.7 Å². The topological polar surface area (TPSA) is 70.6 Å². The van der Waals surface area contributed by atoms with E-state index in [1.807, 2.05) is 6.92 Å². The monoisotopic (exact) mass is 270 g/mol. The van der Waals surface area contributed by atoms with E-state index < -0.39 is 0 Å². The summed E-state index contributed by atoms with van der Waals surface area (Å²) < 4.78 is 5.69. The van der Waals surface area contributed by atoms with Crippen LogP contribution in [0.4, 0.5) is 4.79 Å². The number of carbonyl (C=O) groups excluding carboxylic acids is 1. The molecule has 2 fully saturated rings. The van der Waals surface area contributed by atoms with Gasteiger partial charge in [-0.25, -0.2) is 4.79 Å². The van der Waals surface area contributed by atoms with Crippen LogP contribution in [0.3, 0.4) is 0 Å². The van der Waals surface area contributed by atoms with Crippen molar-refractivity contribution in [2.24, 2.45) is 5.92 Å². The van der Waals surface area contributed by atoms with E-state index in [-0.39, 0.29) is 18.2 Å². The molecule has 1 aliphatic heterocycles. The maximum atomic E-state index is 11.8. The lowest BCUT2D eigenvalue weighted by Gasteiger charge is -2.33. The van der Waals surface area contributed by atoms with Crippen molar-refractivity contribution in [2.45, 2.75) is 63.7 Å². The Morgan fingerprint density at radius 2 is 2.26 bits per heavy atom. The van der Waals surface area contributed by atoms with Gasteiger partial charge in [0, 0.05) is 25.1 Å². The van der Waals surface area contributed by atoms with Crippen LogP contribution in [0.5, 0.6) is 0 Å². The van der Waals surface area contributed by atoms with Crippen molar-refractivity contribution >= 4 is 6.03 Å². The van der Waals surface area contributed by atoms with Crippen LogP contribution < -0.4 is 10.6 Å². The maximum absolute atomic E-state index is 11.8. The number of hydrogen-bond acceptors (Lipinski definition) is 3. The maximum Gasteiger partial charge on any atom is 0.315 e. The molecule has 2 aliphatic rings. The lowest BCUT2D eigenvalue weighted by atomic mass is 9.82. The molecule has 110 valence electrons. The quantitative estimate of drug-likeness (QED) is 0.707. The average molecular weight is 270 g/mol. The van der Waals surface area contributed by atoms with Crippen LogP contribution in [-0.4, -0.2) is 42.5 Å². The molecular formula is C14H26N2O3. The molecule has 5 heteroatoms. The molecule has 5 nitrogen and oxygen atoms in total. The fourth-order valence-electron chi connectivity index (χ4n) is 3.13. The van der Waals surface area contributed by atoms with E-state index >= 15 is 0 Å². The Hall–Kier alpha value is -0.810. The third-order valence-electron chi connectivity index (χ3n) is 4.33. The number of fused-ring (bicyclic) bond motifs is 1. The third kappa shape index (κ3) is 4.08. The van der Waals surface area contributed by atoms with Crippen LogP contribution in [0.15, 0.2) is 0 Å². The average Bonchev–Trinajstić information content (AvgIpc) is 2.88. The molecule has 1 aliphatic carbocycles. The van der Waals surface area contributed by atoms with Crippen molar-refractivity contribution in [1.29, 1.82) is 0 Å². The Bertz CT molecular complexity index is 298. The van der Waals surface area contributed by atoms with E-state index in [2.05, 4.69) is 10.6 Å². The first-order valence-electron chi connectivity index (χ1n) is 7.54. The first-order chi connectivity index (χ1) is 9.20. The number of carbonyl (C=O) groups is 1. The van der Waals surface area contributed by atoms with Gasteiger partial charge in [-0.2, -0.15) is 0 Å². The Labute approximate surface area is 115 Å². The molecule has 2 amide bonds. The summed E-state index contributed by atoms with van der Waals surface area (Å²) in [6.07, 6.45) is 5.74. The Morgan fingerprint density at radius 3 is 3.05 bits per heavy atom. The smallest absolute Gasteiger partial charge is 0.315 e. The summed E-state index contributed by atoms with van der Waals surface area (Å²) in [6, 6.07) is 0.137. The number of aliphatic hydroxyl groups is 1. The van der Waals surface area contributed by atoms with E-state index in [0.29, 0.717) is 25.0 Å². The molecule has 0 aromatic carbocycles. The van der Waals surface area contributed by atoms with Crippen LogP contribution in [0, 0.1) is 5.92 Å². The van der Waals surface area contributed by atoms with Crippen LogP contribution >= 0.6 is 0 Å². The molecule has 3 N–H and O–H groups in total. The zero-order valence-corrected chi connectivity index (χ0v) is 11.7. The van der Waals surface area contributed by atoms with Crippen molar-refractivity contribution in [3.05, 3.63) is 0 Å². The standard InChI is InChI=1S/C14H26N2O3/c1-2-10(17)6-8-15-14(18)16-12-4-3-5-13-11(12)7-9-19-13/h10-13,17H,2-9H2,1H3,(H2,15,16,18). The lowest BCUT2D eigenvalue weighted by molar-refractivity contribution is 0.0549. The van der Waals surface area contributed by atoms with Gasteiger partial charge in [-0.1, -0.05) is 6.92 Å². The molecule has 0 aromatic heterocycles. The molecule has 0 bridgehead atoms. The molecular weight excluding hydrogens is 244 g/mol. The molecule has 0 spiro atoms. The van der Waals surface area contributed by atoms with Gasteiger partial charge in [0.2, 0.25) is 0 Å². The minimum atomic E-state index is -0.317. The summed E-state index contributed by atoms with van der Waals surface area (Å²) in [5, 5.41) is 15.3. The molecule has 0 radical (unpaired) electrons. The fraction of sp³-hybridized carbons (Fsp3) is 0.929. The number of urea groups is 1. The number of rotatable bonds is 5. The molecule has 2 rings (SSSR count). The fourth-order valence-corrected chi connectivity index (χ4v) is 3.13. The van der Waals surface area contributed by atoms with Crippen LogP contribution in [0.25, 0.3) is 0 Å². The zero-order valence-electron chi connectivity index (χ0n) is 11.7. The van der Waals surface area contributed by atoms with E-state index in [1.165, 1.54) is 0 Å². The van der Waals surface area contributed by atoms with Crippen LogP contribution in [0.1, 0.15) is 45.4 Å². The Morgan fingerprint density at radius 1 is 1.42 bits per heavy atom. The second-order valence-electron chi connectivity index (χ2n) is 5.65. The van der Waals surface area contributed by atoms with Gasteiger partial charge in [0.05, 0.1) is 12.2 Å². The predicted molar refractivity (Wildman–Crippen MR) is 72.9 cm³/mol. The van der Waals surface area contributed by atoms with Crippen molar-refractivity contribution in [2.75, 3.05) is 13.2 Å². The molecule has 0 aromatic rings. The Balaban J connectivity index is 1.69. The number of ether oxygens (including phenoxy) is 1. The van der Waals surface area contributed by atoms with Crippen molar-refractivity contribution in [3.63, 3.8) is 0 Å². The molecule has 1 heterocycles. The van der Waals surface area contributed by atoms with E-state index in [4.69, 9.17) is 4.74 Å². The van der Waals surface area contributed by atoms with Gasteiger partial charge in [0.15, 0.2) is 0 Å². The number of aliphatic hydroxyl groups excluding tert-OH is 1. The molecule has 4 unspecified atom stereocenters. The first-order valence-corrected chi connectivity index (χ1v) is 7.54. The summed E-state index contributed by atoms with van der Waals surface area (Å²) in [7, 11) is 0. The van der Waals surface area contributed by atoms with Crippen molar-refractivity contribution in [1.82, 2.24) is 10.6 Å². The molecule has 19 heavy (non-hydrogen) atoms. The third-order valence-corrected chi connectivity index (χ3v) is 4.33. The highest BCUT2D eigenvalue weighted by Crippen LogP contribution is 2.34. The number of nitrogens with one attached hydrogen (secondary N) is 2. The highest BCUT2D eigenvalue weighted by Gasteiger charge is 2.38. The predicted octanol–water partition coefficient (Wildman–Crippen LogP) is 1.40. The Kier molecular flexibility index (Phi) is 5.45. The molecule has 1 saturated heterocycles. The number of amides is 2.